The van der Waals surface area contributed by atoms with Gasteiger partial charge in [-0.2, -0.15) is 0 Å². The SMILES string of the molecule is c1cncc(-c2ccc(-c3nc(-c4cccc5ncccc45)nc(-c4ccc5ccc6c(-c7nc(-c8ccc(-c9cccnc9)cc8)nc(-c8cccc9ncccc89)n7)ccc7ccc4c5c76)n3)cc2)c1. The summed E-state index contributed by atoms with van der Waals surface area (Å²) < 4.78 is 0. The van der Waals surface area contributed by atoms with Crippen LogP contribution in [0.2, 0.25) is 0 Å². The summed E-state index contributed by atoms with van der Waals surface area (Å²) in [6.07, 6.45) is 10.9. The van der Waals surface area contributed by atoms with Crippen molar-refractivity contribution in [3.63, 3.8) is 0 Å². The molecular weight excluding hydrogens is 885 g/mol. The van der Waals surface area contributed by atoms with Crippen molar-refractivity contribution in [3.05, 3.63) is 219 Å². The Labute approximate surface area is 411 Å². The van der Waals surface area contributed by atoms with E-state index < -0.39 is 0 Å². The first-order valence-electron chi connectivity index (χ1n) is 23.6. The Morgan fingerprint density at radius 1 is 0.236 bits per heavy atom. The normalized spacial score (nSPS) is 11.6. The summed E-state index contributed by atoms with van der Waals surface area (Å²) in [5.74, 6) is 3.39. The second-order valence-electron chi connectivity index (χ2n) is 17.7. The summed E-state index contributed by atoms with van der Waals surface area (Å²) in [5, 5.41) is 8.35. The summed E-state index contributed by atoms with van der Waals surface area (Å²) in [6, 6.07) is 62.1. The number of benzene rings is 8. The highest BCUT2D eigenvalue weighted by molar-refractivity contribution is 6.27. The molecule has 0 radical (unpaired) electrons. The molecule has 0 fully saturated rings. The van der Waals surface area contributed by atoms with Crippen LogP contribution >= 0.6 is 0 Å². The highest BCUT2D eigenvalue weighted by Gasteiger charge is 2.22. The topological polar surface area (TPSA) is 129 Å². The van der Waals surface area contributed by atoms with Gasteiger partial charge in [-0.25, -0.2) is 29.9 Å². The van der Waals surface area contributed by atoms with Crippen LogP contribution in [-0.2, 0) is 0 Å². The number of pyridine rings is 4. The molecule has 6 aromatic heterocycles. The maximum Gasteiger partial charge on any atom is 0.164 e. The van der Waals surface area contributed by atoms with E-state index in [1.54, 1.807) is 24.8 Å². The average molecular weight is 921 g/mol. The molecule has 10 nitrogen and oxygen atoms in total. The fourth-order valence-corrected chi connectivity index (χ4v) is 9.97. The van der Waals surface area contributed by atoms with Crippen molar-refractivity contribution in [2.24, 2.45) is 0 Å². The van der Waals surface area contributed by atoms with Crippen LogP contribution in [0.4, 0.5) is 0 Å². The minimum Gasteiger partial charge on any atom is -0.264 e. The number of rotatable bonds is 8. The van der Waals surface area contributed by atoms with E-state index in [1.165, 1.54) is 0 Å². The first kappa shape index (κ1) is 41.0. The molecule has 6 heterocycles. The third-order valence-corrected chi connectivity index (χ3v) is 13.5. The third kappa shape index (κ3) is 7.04. The fraction of sp³-hybridized carbons (Fsp3) is 0. The van der Waals surface area contributed by atoms with Crippen LogP contribution in [0.5, 0.6) is 0 Å². The molecule has 0 saturated carbocycles. The van der Waals surface area contributed by atoms with Gasteiger partial charge in [0.1, 0.15) is 0 Å². The summed E-state index contributed by atoms with van der Waals surface area (Å²) in [5.41, 5.74) is 11.2. The second-order valence-corrected chi connectivity index (χ2v) is 17.7. The van der Waals surface area contributed by atoms with Crippen LogP contribution in [0.1, 0.15) is 0 Å². The number of fused-ring (bicyclic) bond motifs is 2. The summed E-state index contributed by atoms with van der Waals surface area (Å²) in [7, 11) is 0. The molecule has 14 aromatic rings. The van der Waals surface area contributed by atoms with Gasteiger partial charge in [0, 0.05) is 81.3 Å². The van der Waals surface area contributed by atoms with E-state index in [9.17, 15) is 0 Å². The maximum atomic E-state index is 5.29. The molecule has 0 atom stereocenters. The van der Waals surface area contributed by atoms with Crippen molar-refractivity contribution in [3.8, 4) is 90.6 Å². The molecule has 0 aliphatic carbocycles. The zero-order chi connectivity index (χ0) is 47.5. The van der Waals surface area contributed by atoms with Gasteiger partial charge in [-0.15, -0.1) is 0 Å². The van der Waals surface area contributed by atoms with Gasteiger partial charge in [0.05, 0.1) is 11.0 Å². The molecule has 72 heavy (non-hydrogen) atoms. The summed E-state index contributed by atoms with van der Waals surface area (Å²) >= 11 is 0. The van der Waals surface area contributed by atoms with Gasteiger partial charge in [-0.05, 0) is 103 Å². The van der Waals surface area contributed by atoms with Crippen LogP contribution in [-0.4, -0.2) is 49.8 Å². The van der Waals surface area contributed by atoms with Gasteiger partial charge in [0.25, 0.3) is 0 Å². The quantitative estimate of drug-likeness (QED) is 0.136. The van der Waals surface area contributed by atoms with Gasteiger partial charge in [-0.1, -0.05) is 133 Å². The number of hydrogen-bond donors (Lipinski definition) is 0. The number of nitrogens with zero attached hydrogens (tertiary/aromatic N) is 10. The van der Waals surface area contributed by atoms with E-state index in [1.807, 2.05) is 60.9 Å². The largest absolute Gasteiger partial charge is 0.264 e. The molecule has 0 unspecified atom stereocenters. The Hall–Kier alpha value is -10.1. The van der Waals surface area contributed by atoms with Crippen molar-refractivity contribution >= 4 is 54.1 Å². The van der Waals surface area contributed by atoms with Crippen LogP contribution in [0, 0.1) is 0 Å². The lowest BCUT2D eigenvalue weighted by atomic mass is 9.89. The zero-order valence-electron chi connectivity index (χ0n) is 38.3. The lowest BCUT2D eigenvalue weighted by Gasteiger charge is -2.17. The monoisotopic (exact) mass is 920 g/mol. The second kappa shape index (κ2) is 16.9. The first-order chi connectivity index (χ1) is 35.7. The average Bonchev–Trinajstić information content (AvgIpc) is 3.46. The molecule has 334 valence electrons. The predicted molar refractivity (Wildman–Crippen MR) is 287 cm³/mol. The predicted octanol–water partition coefficient (Wildman–Crippen LogP) is 14.2. The van der Waals surface area contributed by atoms with Crippen molar-refractivity contribution in [1.82, 2.24) is 49.8 Å². The van der Waals surface area contributed by atoms with Gasteiger partial charge in [0.2, 0.25) is 0 Å². The minimum atomic E-state index is 0.563. The molecule has 8 aromatic carbocycles. The molecule has 0 saturated heterocycles. The number of aromatic nitrogens is 10. The van der Waals surface area contributed by atoms with Crippen LogP contribution < -0.4 is 0 Å². The lowest BCUT2D eigenvalue weighted by molar-refractivity contribution is 1.08. The Kier molecular flexibility index (Phi) is 9.59. The molecule has 10 heteroatoms. The van der Waals surface area contributed by atoms with E-state index in [0.717, 1.165) is 110 Å². The molecule has 0 amide bonds. The summed E-state index contributed by atoms with van der Waals surface area (Å²) in [6.45, 7) is 0. The maximum absolute atomic E-state index is 5.29. The fourth-order valence-electron chi connectivity index (χ4n) is 9.97. The van der Waals surface area contributed by atoms with Crippen molar-refractivity contribution in [1.29, 1.82) is 0 Å². The van der Waals surface area contributed by atoms with E-state index in [2.05, 4.69) is 153 Å². The smallest absolute Gasteiger partial charge is 0.164 e. The van der Waals surface area contributed by atoms with Gasteiger partial charge in [-0.3, -0.25) is 19.9 Å². The van der Waals surface area contributed by atoms with Gasteiger partial charge >= 0.3 is 0 Å². The lowest BCUT2D eigenvalue weighted by Crippen LogP contribution is -2.02. The molecule has 0 aliphatic rings. The minimum absolute atomic E-state index is 0.563. The van der Waals surface area contributed by atoms with Gasteiger partial charge < -0.3 is 0 Å². The van der Waals surface area contributed by atoms with Crippen molar-refractivity contribution < 1.29 is 0 Å². The standard InChI is InChI=1S/C62H36N10/c1-9-49(45-11-5-33-65-53(45)13-1)59-67-57(41-19-15-37(16-20-41)43-7-3-31-63-35-43)69-61(71-59)51-29-25-39-24-28-48-52(30-26-40-23-27-47(51)55(39)56(40)48)62-70-58(42-21-17-38(18-22-42)44-8-4-32-64-36-44)68-60(72-62)50-10-2-14-54-46(50)12-6-34-66-54/h1-36H. The van der Waals surface area contributed by atoms with Gasteiger partial charge in [0.15, 0.2) is 34.9 Å². The summed E-state index contributed by atoms with van der Waals surface area (Å²) in [4.78, 5) is 49.4. The van der Waals surface area contributed by atoms with Crippen LogP contribution in [0.15, 0.2) is 219 Å². The van der Waals surface area contributed by atoms with Crippen molar-refractivity contribution in [2.75, 3.05) is 0 Å². The Morgan fingerprint density at radius 2 is 0.611 bits per heavy atom. The Balaban J connectivity index is 0.952. The molecule has 0 N–H and O–H groups in total. The third-order valence-electron chi connectivity index (χ3n) is 13.5. The van der Waals surface area contributed by atoms with E-state index in [4.69, 9.17) is 29.9 Å². The molecule has 0 aliphatic heterocycles. The first-order valence-corrected chi connectivity index (χ1v) is 23.6. The van der Waals surface area contributed by atoms with E-state index in [-0.39, 0.29) is 0 Å². The van der Waals surface area contributed by atoms with Crippen molar-refractivity contribution in [2.45, 2.75) is 0 Å². The number of hydrogen-bond acceptors (Lipinski definition) is 10. The van der Waals surface area contributed by atoms with Crippen LogP contribution in [0.25, 0.3) is 145 Å². The Morgan fingerprint density at radius 3 is 1.03 bits per heavy atom. The highest BCUT2D eigenvalue weighted by Crippen LogP contribution is 2.43. The molecule has 14 rings (SSSR count). The van der Waals surface area contributed by atoms with E-state index in [0.29, 0.717) is 34.9 Å². The van der Waals surface area contributed by atoms with E-state index >= 15 is 0 Å². The Bertz CT molecular complexity index is 4080. The highest BCUT2D eigenvalue weighted by atomic mass is 15.0. The molecular formula is C62H36N10. The van der Waals surface area contributed by atoms with Crippen LogP contribution in [0.3, 0.4) is 0 Å². The zero-order valence-corrected chi connectivity index (χ0v) is 38.3. The molecule has 0 spiro atoms. The molecule has 0 bridgehead atoms.